The van der Waals surface area contributed by atoms with Crippen LogP contribution < -0.4 is 11.1 Å². The first kappa shape index (κ1) is 22.0. The zero-order chi connectivity index (χ0) is 23.5. The first-order valence-electron chi connectivity index (χ1n) is 10.7. The van der Waals surface area contributed by atoms with Gasteiger partial charge in [-0.2, -0.15) is 0 Å². The number of rotatable bonds is 7. The second-order valence-corrected chi connectivity index (χ2v) is 7.96. The van der Waals surface area contributed by atoms with Crippen molar-refractivity contribution in [2.24, 2.45) is 5.73 Å². The normalized spacial score (nSPS) is 11.9. The van der Waals surface area contributed by atoms with Crippen molar-refractivity contribution in [1.82, 2.24) is 20.3 Å². The number of nitrogens with one attached hydrogen (secondary N) is 1. The molecule has 3 aromatic carbocycles. The van der Waals surface area contributed by atoms with Crippen LogP contribution in [-0.2, 0) is 6.54 Å². The summed E-state index contributed by atoms with van der Waals surface area (Å²) in [5.41, 5.74) is 9.44. The van der Waals surface area contributed by atoms with E-state index >= 15 is 0 Å². The molecule has 4 N–H and O–H groups in total. The van der Waals surface area contributed by atoms with Crippen molar-refractivity contribution in [2.75, 3.05) is 0 Å². The Labute approximate surface area is 191 Å². The van der Waals surface area contributed by atoms with E-state index in [0.29, 0.717) is 22.4 Å². The van der Waals surface area contributed by atoms with Crippen LogP contribution in [0.2, 0.25) is 0 Å². The van der Waals surface area contributed by atoms with Crippen LogP contribution in [0.3, 0.4) is 0 Å². The van der Waals surface area contributed by atoms with Crippen LogP contribution in [-0.4, -0.2) is 31.9 Å². The van der Waals surface area contributed by atoms with Gasteiger partial charge in [-0.25, -0.2) is 0 Å². The lowest BCUT2D eigenvalue weighted by Gasteiger charge is -2.16. The van der Waals surface area contributed by atoms with Crippen LogP contribution >= 0.6 is 0 Å². The Morgan fingerprint density at radius 1 is 1.03 bits per heavy atom. The highest BCUT2D eigenvalue weighted by Crippen LogP contribution is 2.32. The molecule has 1 aromatic heterocycles. The van der Waals surface area contributed by atoms with E-state index in [1.54, 1.807) is 0 Å². The van der Waals surface area contributed by atoms with Gasteiger partial charge in [0.25, 0.3) is 5.91 Å². The molecule has 8 heteroatoms. The molecule has 8 nitrogen and oxygen atoms in total. The minimum Gasteiger partial charge on any atom is -0.505 e. The van der Waals surface area contributed by atoms with E-state index in [4.69, 9.17) is 5.73 Å². The molecule has 2 amide bonds. The van der Waals surface area contributed by atoms with Crippen molar-refractivity contribution in [2.45, 2.75) is 32.7 Å². The third-order valence-electron chi connectivity index (χ3n) is 5.75. The first-order valence-corrected chi connectivity index (χ1v) is 10.7. The Bertz CT molecular complexity index is 1290. The molecule has 0 bridgehead atoms. The number of primary amides is 1. The average molecular weight is 444 g/mol. The Morgan fingerprint density at radius 2 is 1.64 bits per heavy atom. The number of nitrogens with zero attached hydrogens (tertiary/aromatic N) is 3. The number of phenolic OH excluding ortho intramolecular Hbond substituents is 1. The molecule has 4 rings (SSSR count). The average Bonchev–Trinajstić information content (AvgIpc) is 3.26. The molecule has 0 spiro atoms. The minimum atomic E-state index is -0.554. The van der Waals surface area contributed by atoms with E-state index in [9.17, 15) is 14.7 Å². The van der Waals surface area contributed by atoms with E-state index in [1.807, 2.05) is 36.4 Å². The molecule has 0 aliphatic heterocycles. The predicted octanol–water partition coefficient (Wildman–Crippen LogP) is 3.67. The van der Waals surface area contributed by atoms with Gasteiger partial charge >= 0.3 is 0 Å². The Hall–Kier alpha value is -4.20. The van der Waals surface area contributed by atoms with Crippen LogP contribution in [0.4, 0.5) is 0 Å². The fourth-order valence-electron chi connectivity index (χ4n) is 3.54. The summed E-state index contributed by atoms with van der Waals surface area (Å²) in [4.78, 5) is 25.3. The molecule has 33 heavy (non-hydrogen) atoms. The van der Waals surface area contributed by atoms with Crippen molar-refractivity contribution in [1.29, 1.82) is 0 Å². The highest BCUT2D eigenvalue weighted by atomic mass is 16.3. The van der Waals surface area contributed by atoms with Gasteiger partial charge in [0.1, 0.15) is 22.5 Å². The lowest BCUT2D eigenvalue weighted by molar-refractivity contribution is 0.0948. The van der Waals surface area contributed by atoms with Gasteiger partial charge in [-0.15, -0.1) is 15.0 Å². The molecule has 0 radical (unpaired) electrons. The third kappa shape index (κ3) is 4.55. The molecule has 1 heterocycles. The number of carbonyl (C=O) groups is 2. The maximum Gasteiger partial charge on any atom is 0.251 e. The summed E-state index contributed by atoms with van der Waals surface area (Å²) in [5, 5.41) is 22.8. The molecule has 4 aromatic rings. The highest BCUT2D eigenvalue weighted by Gasteiger charge is 2.18. The van der Waals surface area contributed by atoms with Crippen molar-refractivity contribution >= 4 is 22.8 Å². The summed E-state index contributed by atoms with van der Waals surface area (Å²) in [5.74, 6) is -0.637. The molecule has 0 saturated carbocycles. The van der Waals surface area contributed by atoms with Gasteiger partial charge in [0, 0.05) is 23.2 Å². The van der Waals surface area contributed by atoms with Gasteiger partial charge in [-0.05, 0) is 66.4 Å². The molecule has 0 saturated heterocycles. The molecule has 168 valence electrons. The molecule has 1 atom stereocenters. The van der Waals surface area contributed by atoms with Crippen molar-refractivity contribution in [3.63, 3.8) is 0 Å². The van der Waals surface area contributed by atoms with E-state index in [1.165, 1.54) is 29.1 Å². The van der Waals surface area contributed by atoms with Gasteiger partial charge < -0.3 is 16.2 Å². The second kappa shape index (κ2) is 9.12. The molecule has 1 unspecified atom stereocenters. The number of phenols is 1. The highest BCUT2D eigenvalue weighted by molar-refractivity contribution is 5.97. The summed E-state index contributed by atoms with van der Waals surface area (Å²) in [6, 6.07) is 17.3. The van der Waals surface area contributed by atoms with Gasteiger partial charge in [-0.1, -0.05) is 26.0 Å². The topological polar surface area (TPSA) is 123 Å². The number of hydrogen-bond donors (Lipinski definition) is 3. The molecular weight excluding hydrogens is 418 g/mol. The number of aromatic hydroxyl groups is 1. The van der Waals surface area contributed by atoms with Crippen LogP contribution in [0.25, 0.3) is 16.7 Å². The molecule has 0 aliphatic carbocycles. The molecular formula is C25H25N5O3. The van der Waals surface area contributed by atoms with Crippen molar-refractivity contribution in [3.05, 3.63) is 82.9 Å². The van der Waals surface area contributed by atoms with Crippen LogP contribution in [0, 0.1) is 0 Å². The summed E-state index contributed by atoms with van der Waals surface area (Å²) in [7, 11) is 0. The second-order valence-electron chi connectivity index (χ2n) is 7.96. The fourth-order valence-corrected chi connectivity index (χ4v) is 3.54. The van der Waals surface area contributed by atoms with Gasteiger partial charge in [0.2, 0.25) is 5.91 Å². The number of aromatic nitrogens is 3. The number of fused-ring (bicyclic) bond motifs is 1. The molecule has 0 fully saturated rings. The Balaban J connectivity index is 1.65. The smallest absolute Gasteiger partial charge is 0.251 e. The number of amides is 2. The van der Waals surface area contributed by atoms with E-state index < -0.39 is 5.91 Å². The van der Waals surface area contributed by atoms with Crippen LogP contribution in [0.15, 0.2) is 60.7 Å². The van der Waals surface area contributed by atoms with E-state index in [2.05, 4.69) is 29.4 Å². The third-order valence-corrected chi connectivity index (χ3v) is 5.75. The summed E-state index contributed by atoms with van der Waals surface area (Å²) < 4.78 is 0. The quantitative estimate of drug-likeness (QED) is 0.402. The monoisotopic (exact) mass is 443 g/mol. The summed E-state index contributed by atoms with van der Waals surface area (Å²) >= 11 is 0. The molecule has 0 aliphatic rings. The van der Waals surface area contributed by atoms with Gasteiger partial charge in [-0.3, -0.25) is 9.59 Å². The van der Waals surface area contributed by atoms with Crippen molar-refractivity contribution in [3.8, 4) is 11.4 Å². The van der Waals surface area contributed by atoms with E-state index in [-0.39, 0.29) is 24.1 Å². The zero-order valence-electron chi connectivity index (χ0n) is 18.4. The Morgan fingerprint density at radius 3 is 2.21 bits per heavy atom. The number of hydrogen-bond acceptors (Lipinski definition) is 5. The van der Waals surface area contributed by atoms with E-state index in [0.717, 1.165) is 23.0 Å². The minimum absolute atomic E-state index is 0.00624. The SMILES string of the molecule is CCC(C)c1cc(CNC(=O)c2ccc(C(N)=O)cc2)c(O)c(-n2nc3ccccc3n2)c1. The number of nitrogens with two attached hydrogens (primary N) is 1. The predicted molar refractivity (Wildman–Crippen MR) is 125 cm³/mol. The van der Waals surface area contributed by atoms with Crippen molar-refractivity contribution < 1.29 is 14.7 Å². The number of carbonyl (C=O) groups excluding carboxylic acids is 2. The van der Waals surface area contributed by atoms with Gasteiger partial charge in [0.05, 0.1) is 0 Å². The lowest BCUT2D eigenvalue weighted by Crippen LogP contribution is -2.23. The summed E-state index contributed by atoms with van der Waals surface area (Å²) in [6.07, 6.45) is 0.913. The largest absolute Gasteiger partial charge is 0.505 e. The summed E-state index contributed by atoms with van der Waals surface area (Å²) in [6.45, 7) is 4.31. The zero-order valence-corrected chi connectivity index (χ0v) is 18.4. The van der Waals surface area contributed by atoms with Crippen LogP contribution in [0.5, 0.6) is 5.75 Å². The standard InChI is InChI=1S/C25H25N5O3/c1-3-15(2)18-12-19(14-27-25(33)17-10-8-16(9-11-17)24(26)32)23(31)22(13-18)30-28-20-6-4-5-7-21(20)29-30/h4-13,15,31H,3,14H2,1-2H3,(H2,26,32)(H,27,33). The maximum atomic E-state index is 12.6. The fraction of sp³-hybridized carbons (Fsp3) is 0.200. The van der Waals surface area contributed by atoms with Gasteiger partial charge in [0.15, 0.2) is 0 Å². The first-order chi connectivity index (χ1) is 15.9. The lowest BCUT2D eigenvalue weighted by atomic mass is 9.95. The maximum absolute atomic E-state index is 12.6. The van der Waals surface area contributed by atoms with Crippen LogP contribution in [0.1, 0.15) is 58.0 Å². The number of benzene rings is 3. The Kier molecular flexibility index (Phi) is 6.08.